The summed E-state index contributed by atoms with van der Waals surface area (Å²) in [6.07, 6.45) is 0.0524. The molecule has 2 nitrogen and oxygen atoms in total. The lowest BCUT2D eigenvalue weighted by Gasteiger charge is -2.10. The van der Waals surface area contributed by atoms with Crippen molar-refractivity contribution in [2.24, 2.45) is 0 Å². The van der Waals surface area contributed by atoms with Crippen molar-refractivity contribution in [1.29, 1.82) is 0 Å². The molecule has 2 aromatic carbocycles. The van der Waals surface area contributed by atoms with Crippen LogP contribution < -0.4 is 0 Å². The van der Waals surface area contributed by atoms with Crippen LogP contribution in [0.5, 0.6) is 0 Å². The van der Waals surface area contributed by atoms with Gasteiger partial charge in [0.1, 0.15) is 6.10 Å². The monoisotopic (exact) mass is 383 g/mol. The molecule has 23 heavy (non-hydrogen) atoms. The highest BCUT2D eigenvalue weighted by Crippen LogP contribution is 2.40. The predicted octanol–water partition coefficient (Wildman–Crippen LogP) is 6.59. The van der Waals surface area contributed by atoms with Crippen molar-refractivity contribution < 1.29 is 4.74 Å². The molecule has 3 aromatic rings. The number of aromatic nitrogens is 1. The Bertz CT molecular complexity index is 938. The van der Waals surface area contributed by atoms with Crippen LogP contribution >= 0.6 is 46.4 Å². The zero-order valence-electron chi connectivity index (χ0n) is 11.6. The molecule has 1 aromatic heterocycles. The SMILES string of the molecule is Clc1cc(Cl)c2nc(-c3ccc(Cl)c(Cl)c3)cc(C3CO3)c2c1. The van der Waals surface area contributed by atoms with Crippen LogP contribution in [0.2, 0.25) is 20.1 Å². The number of ether oxygens (including phenoxy) is 1. The molecule has 1 unspecified atom stereocenters. The molecule has 1 saturated heterocycles. The predicted molar refractivity (Wildman–Crippen MR) is 95.9 cm³/mol. The molecule has 0 N–H and O–H groups in total. The first kappa shape index (κ1) is 15.5. The summed E-state index contributed by atoms with van der Waals surface area (Å²) in [6.45, 7) is 0.685. The largest absolute Gasteiger partial charge is 0.368 e. The van der Waals surface area contributed by atoms with Gasteiger partial charge in [-0.2, -0.15) is 0 Å². The van der Waals surface area contributed by atoms with E-state index in [-0.39, 0.29) is 6.10 Å². The van der Waals surface area contributed by atoms with Gasteiger partial charge in [0.25, 0.3) is 0 Å². The van der Waals surface area contributed by atoms with Gasteiger partial charge in [0, 0.05) is 16.0 Å². The second kappa shape index (κ2) is 5.80. The van der Waals surface area contributed by atoms with Crippen LogP contribution in [0.3, 0.4) is 0 Å². The standard InChI is InChI=1S/C17H9Cl4NO/c18-9-4-11-10(16-7-23-16)6-15(22-17(11)14(21)5-9)8-1-2-12(19)13(20)3-8/h1-6,16H,7H2. The summed E-state index contributed by atoms with van der Waals surface area (Å²) in [5.74, 6) is 0. The van der Waals surface area contributed by atoms with Gasteiger partial charge in [-0.05, 0) is 35.9 Å². The van der Waals surface area contributed by atoms with Crippen molar-refractivity contribution in [3.63, 3.8) is 0 Å². The molecule has 2 heterocycles. The van der Waals surface area contributed by atoms with Crippen molar-refractivity contribution in [3.05, 3.63) is 62.1 Å². The number of pyridine rings is 1. The first-order chi connectivity index (χ1) is 11.0. The second-order valence-electron chi connectivity index (χ2n) is 5.33. The van der Waals surface area contributed by atoms with Gasteiger partial charge >= 0.3 is 0 Å². The first-order valence-corrected chi connectivity index (χ1v) is 8.41. The minimum absolute atomic E-state index is 0.0524. The molecular weight excluding hydrogens is 376 g/mol. The molecule has 0 bridgehead atoms. The smallest absolute Gasteiger partial charge is 0.107 e. The van der Waals surface area contributed by atoms with Gasteiger partial charge in [-0.15, -0.1) is 0 Å². The van der Waals surface area contributed by atoms with E-state index in [0.717, 1.165) is 22.2 Å². The molecule has 1 fully saturated rings. The lowest BCUT2D eigenvalue weighted by molar-refractivity contribution is 0.417. The van der Waals surface area contributed by atoms with Crippen molar-refractivity contribution in [2.75, 3.05) is 6.61 Å². The lowest BCUT2D eigenvalue weighted by atomic mass is 10.0. The number of hydrogen-bond donors (Lipinski definition) is 0. The average molecular weight is 385 g/mol. The zero-order chi connectivity index (χ0) is 16.1. The van der Waals surface area contributed by atoms with Crippen LogP contribution in [0.25, 0.3) is 22.2 Å². The molecule has 1 atom stereocenters. The van der Waals surface area contributed by atoms with E-state index in [2.05, 4.69) is 4.98 Å². The molecule has 116 valence electrons. The van der Waals surface area contributed by atoms with Crippen molar-refractivity contribution in [3.8, 4) is 11.3 Å². The van der Waals surface area contributed by atoms with Crippen LogP contribution in [0.1, 0.15) is 11.7 Å². The molecule has 0 aliphatic carbocycles. The highest BCUT2D eigenvalue weighted by Gasteiger charge is 2.28. The molecular formula is C17H9Cl4NO. The summed E-state index contributed by atoms with van der Waals surface area (Å²) in [5, 5.41) is 2.99. The third-order valence-corrected chi connectivity index (χ3v) is 5.00. The van der Waals surface area contributed by atoms with Gasteiger partial charge in [-0.25, -0.2) is 4.98 Å². The first-order valence-electron chi connectivity index (χ1n) is 6.89. The lowest BCUT2D eigenvalue weighted by Crippen LogP contribution is -1.93. The highest BCUT2D eigenvalue weighted by molar-refractivity contribution is 6.42. The fourth-order valence-electron chi connectivity index (χ4n) is 2.57. The van der Waals surface area contributed by atoms with Gasteiger partial charge in [0.05, 0.1) is 32.9 Å². The third-order valence-electron chi connectivity index (χ3n) is 3.76. The van der Waals surface area contributed by atoms with Gasteiger partial charge < -0.3 is 4.74 Å². The van der Waals surface area contributed by atoms with Gasteiger partial charge in [0.2, 0.25) is 0 Å². The Morgan fingerprint density at radius 1 is 0.913 bits per heavy atom. The van der Waals surface area contributed by atoms with Crippen LogP contribution in [0, 0.1) is 0 Å². The Labute approximate surface area is 152 Å². The molecule has 0 radical (unpaired) electrons. The minimum Gasteiger partial charge on any atom is -0.368 e. The fourth-order valence-corrected chi connectivity index (χ4v) is 3.41. The van der Waals surface area contributed by atoms with E-state index in [0.29, 0.717) is 32.2 Å². The Balaban J connectivity index is 1.99. The van der Waals surface area contributed by atoms with Crippen LogP contribution in [-0.4, -0.2) is 11.6 Å². The molecule has 0 amide bonds. The highest BCUT2D eigenvalue weighted by atomic mass is 35.5. The summed E-state index contributed by atoms with van der Waals surface area (Å²) in [7, 11) is 0. The summed E-state index contributed by atoms with van der Waals surface area (Å²) in [6, 6.07) is 11.0. The molecule has 1 aliphatic heterocycles. The van der Waals surface area contributed by atoms with Crippen LogP contribution in [-0.2, 0) is 4.74 Å². The van der Waals surface area contributed by atoms with E-state index >= 15 is 0 Å². The third kappa shape index (κ3) is 2.90. The summed E-state index contributed by atoms with van der Waals surface area (Å²) in [4.78, 5) is 4.68. The van der Waals surface area contributed by atoms with Gasteiger partial charge in [0.15, 0.2) is 0 Å². The number of rotatable bonds is 2. The summed E-state index contributed by atoms with van der Waals surface area (Å²) in [5.41, 5.74) is 3.37. The molecule has 1 aliphatic rings. The average Bonchev–Trinajstić information content (AvgIpc) is 3.34. The number of halogens is 4. The van der Waals surface area contributed by atoms with E-state index in [9.17, 15) is 0 Å². The molecule has 0 saturated carbocycles. The van der Waals surface area contributed by atoms with Gasteiger partial charge in [-0.1, -0.05) is 52.5 Å². The maximum Gasteiger partial charge on any atom is 0.107 e. The summed E-state index contributed by atoms with van der Waals surface area (Å²) < 4.78 is 5.45. The van der Waals surface area contributed by atoms with E-state index < -0.39 is 0 Å². The molecule has 4 rings (SSSR count). The van der Waals surface area contributed by atoms with E-state index in [1.165, 1.54) is 0 Å². The topological polar surface area (TPSA) is 25.4 Å². The van der Waals surface area contributed by atoms with Crippen molar-refractivity contribution >= 4 is 57.3 Å². The van der Waals surface area contributed by atoms with E-state index in [1.807, 2.05) is 18.2 Å². The number of benzene rings is 2. The summed E-state index contributed by atoms with van der Waals surface area (Å²) >= 11 is 24.6. The second-order valence-corrected chi connectivity index (χ2v) is 6.99. The number of nitrogens with zero attached hydrogens (tertiary/aromatic N) is 1. The minimum atomic E-state index is 0.0524. The quantitative estimate of drug-likeness (QED) is 0.466. The normalized spacial score (nSPS) is 16.8. The van der Waals surface area contributed by atoms with E-state index in [4.69, 9.17) is 51.1 Å². The maximum atomic E-state index is 6.34. The van der Waals surface area contributed by atoms with Gasteiger partial charge in [-0.3, -0.25) is 0 Å². The Morgan fingerprint density at radius 2 is 1.70 bits per heavy atom. The number of epoxide rings is 1. The Morgan fingerprint density at radius 3 is 2.39 bits per heavy atom. The number of fused-ring (bicyclic) bond motifs is 1. The number of hydrogen-bond acceptors (Lipinski definition) is 2. The fraction of sp³-hybridized carbons (Fsp3) is 0.118. The molecule has 0 spiro atoms. The Kier molecular flexibility index (Phi) is 3.91. The zero-order valence-corrected chi connectivity index (χ0v) is 14.6. The van der Waals surface area contributed by atoms with Crippen LogP contribution in [0.4, 0.5) is 0 Å². The van der Waals surface area contributed by atoms with E-state index in [1.54, 1.807) is 18.2 Å². The Hall–Kier alpha value is -1.03. The maximum absolute atomic E-state index is 6.34. The van der Waals surface area contributed by atoms with Crippen molar-refractivity contribution in [2.45, 2.75) is 6.10 Å². The molecule has 6 heteroatoms. The van der Waals surface area contributed by atoms with Crippen molar-refractivity contribution in [1.82, 2.24) is 4.98 Å². The van der Waals surface area contributed by atoms with Crippen LogP contribution in [0.15, 0.2) is 36.4 Å².